The molecule has 0 bridgehead atoms. The van der Waals surface area contributed by atoms with E-state index in [2.05, 4.69) is 10.9 Å². The third kappa shape index (κ3) is 6.08. The van der Waals surface area contributed by atoms with Gasteiger partial charge in [0.15, 0.2) is 18.1 Å². The van der Waals surface area contributed by atoms with Crippen LogP contribution in [0.2, 0.25) is 0 Å². The summed E-state index contributed by atoms with van der Waals surface area (Å²) in [5.41, 5.74) is 4.94. The predicted octanol–water partition coefficient (Wildman–Crippen LogP) is 2.33. The van der Waals surface area contributed by atoms with E-state index in [-0.39, 0.29) is 6.61 Å². The lowest BCUT2D eigenvalue weighted by Crippen LogP contribution is -2.43. The minimum Gasteiger partial charge on any atom is -0.494 e. The highest BCUT2D eigenvalue weighted by molar-refractivity contribution is 5.96. The van der Waals surface area contributed by atoms with Gasteiger partial charge in [-0.05, 0) is 56.3 Å². The van der Waals surface area contributed by atoms with Gasteiger partial charge in [0, 0.05) is 5.56 Å². The smallest absolute Gasteiger partial charge is 0.276 e. The van der Waals surface area contributed by atoms with Gasteiger partial charge in [0.2, 0.25) is 0 Å². The number of carbonyl (C=O) groups excluding carboxylic acids is 2. The fourth-order valence-electron chi connectivity index (χ4n) is 2.27. The van der Waals surface area contributed by atoms with Crippen molar-refractivity contribution >= 4 is 11.8 Å². The second kappa shape index (κ2) is 10.7. The molecule has 8 heteroatoms. The van der Waals surface area contributed by atoms with Crippen molar-refractivity contribution in [3.63, 3.8) is 0 Å². The summed E-state index contributed by atoms with van der Waals surface area (Å²) in [7, 11) is 1.49. The number of hydrogen-bond acceptors (Lipinski definition) is 6. The van der Waals surface area contributed by atoms with E-state index < -0.39 is 11.8 Å². The average molecular weight is 388 g/mol. The first-order valence-corrected chi connectivity index (χ1v) is 8.83. The first-order chi connectivity index (χ1) is 13.6. The molecule has 2 N–H and O–H groups in total. The average Bonchev–Trinajstić information content (AvgIpc) is 2.72. The Labute approximate surface area is 163 Å². The quantitative estimate of drug-likeness (QED) is 0.640. The van der Waals surface area contributed by atoms with Gasteiger partial charge < -0.3 is 18.9 Å². The number of hydrazine groups is 1. The molecule has 2 amide bonds. The van der Waals surface area contributed by atoms with Crippen LogP contribution in [0.4, 0.5) is 0 Å². The lowest BCUT2D eigenvalue weighted by molar-refractivity contribution is -0.123. The van der Waals surface area contributed by atoms with Crippen LogP contribution in [0.1, 0.15) is 24.2 Å². The first-order valence-electron chi connectivity index (χ1n) is 8.83. The van der Waals surface area contributed by atoms with Gasteiger partial charge >= 0.3 is 0 Å². The summed E-state index contributed by atoms with van der Waals surface area (Å²) in [5, 5.41) is 0. The number of hydrogen-bond donors (Lipinski definition) is 2. The SMILES string of the molecule is CCOc1ccc(OCC(=O)NNC(=O)c2ccc(OCC)c(OC)c2)cc1. The molecule has 0 fully saturated rings. The van der Waals surface area contributed by atoms with Gasteiger partial charge in [-0.3, -0.25) is 20.4 Å². The predicted molar refractivity (Wildman–Crippen MR) is 103 cm³/mol. The normalized spacial score (nSPS) is 9.96. The molecule has 0 aliphatic heterocycles. The van der Waals surface area contributed by atoms with Crippen LogP contribution in [0.3, 0.4) is 0 Å². The van der Waals surface area contributed by atoms with E-state index in [9.17, 15) is 9.59 Å². The molecule has 8 nitrogen and oxygen atoms in total. The molecule has 2 aromatic rings. The Morgan fingerprint density at radius 2 is 1.46 bits per heavy atom. The van der Waals surface area contributed by atoms with Crippen LogP contribution in [0.25, 0.3) is 0 Å². The molecule has 0 aliphatic carbocycles. The van der Waals surface area contributed by atoms with Crippen LogP contribution in [0, 0.1) is 0 Å². The molecule has 0 aliphatic rings. The highest BCUT2D eigenvalue weighted by Crippen LogP contribution is 2.27. The summed E-state index contributed by atoms with van der Waals surface area (Å²) in [6.07, 6.45) is 0. The van der Waals surface area contributed by atoms with E-state index in [0.717, 1.165) is 5.75 Å². The number of methoxy groups -OCH3 is 1. The zero-order valence-electron chi connectivity index (χ0n) is 16.1. The fourth-order valence-corrected chi connectivity index (χ4v) is 2.27. The molecule has 0 heterocycles. The molecule has 0 aromatic heterocycles. The molecule has 0 spiro atoms. The zero-order chi connectivity index (χ0) is 20.4. The number of carbonyl (C=O) groups is 2. The summed E-state index contributed by atoms with van der Waals surface area (Å²) >= 11 is 0. The van der Waals surface area contributed by atoms with Crippen molar-refractivity contribution in [2.45, 2.75) is 13.8 Å². The number of amides is 2. The summed E-state index contributed by atoms with van der Waals surface area (Å²) in [5.74, 6) is 1.21. The van der Waals surface area contributed by atoms with Crippen molar-refractivity contribution in [3.05, 3.63) is 48.0 Å². The summed E-state index contributed by atoms with van der Waals surface area (Å²) in [6, 6.07) is 11.6. The summed E-state index contributed by atoms with van der Waals surface area (Å²) in [4.78, 5) is 24.0. The molecule has 150 valence electrons. The van der Waals surface area contributed by atoms with Crippen LogP contribution in [-0.4, -0.2) is 38.7 Å². The maximum absolute atomic E-state index is 12.2. The number of rotatable bonds is 9. The van der Waals surface area contributed by atoms with Gasteiger partial charge in [-0.1, -0.05) is 0 Å². The van der Waals surface area contributed by atoms with E-state index in [1.165, 1.54) is 13.2 Å². The minimum absolute atomic E-state index is 0.249. The molecule has 0 saturated carbocycles. The van der Waals surface area contributed by atoms with Crippen LogP contribution in [0.5, 0.6) is 23.0 Å². The maximum atomic E-state index is 12.2. The standard InChI is InChI=1S/C20H24N2O6/c1-4-26-15-7-9-16(10-8-15)28-13-19(23)21-22-20(24)14-6-11-17(27-5-2)18(12-14)25-3/h6-12H,4-5,13H2,1-3H3,(H,21,23)(H,22,24). The Morgan fingerprint density at radius 3 is 2.07 bits per heavy atom. The third-order valence-corrected chi connectivity index (χ3v) is 3.55. The number of benzene rings is 2. The van der Waals surface area contributed by atoms with Crippen molar-refractivity contribution in [2.75, 3.05) is 26.9 Å². The summed E-state index contributed by atoms with van der Waals surface area (Å²) < 4.78 is 21.3. The molecular weight excluding hydrogens is 364 g/mol. The van der Waals surface area contributed by atoms with Gasteiger partial charge in [0.1, 0.15) is 11.5 Å². The second-order valence-electron chi connectivity index (χ2n) is 5.49. The molecular formula is C20H24N2O6. The van der Waals surface area contributed by atoms with E-state index in [0.29, 0.717) is 36.0 Å². The Bertz CT molecular complexity index is 792. The molecule has 0 radical (unpaired) electrons. The Kier molecular flexibility index (Phi) is 7.95. The van der Waals surface area contributed by atoms with Crippen LogP contribution in [-0.2, 0) is 4.79 Å². The van der Waals surface area contributed by atoms with E-state index in [4.69, 9.17) is 18.9 Å². The number of ether oxygens (including phenoxy) is 4. The van der Waals surface area contributed by atoms with E-state index in [1.807, 2.05) is 13.8 Å². The first kappa shape index (κ1) is 20.9. The zero-order valence-corrected chi connectivity index (χ0v) is 16.1. The topological polar surface area (TPSA) is 95.1 Å². The van der Waals surface area contributed by atoms with Crippen molar-refractivity contribution in [1.29, 1.82) is 0 Å². The van der Waals surface area contributed by atoms with Crippen molar-refractivity contribution in [2.24, 2.45) is 0 Å². The van der Waals surface area contributed by atoms with Gasteiger partial charge in [0.25, 0.3) is 11.8 Å². The van der Waals surface area contributed by atoms with Crippen LogP contribution < -0.4 is 29.8 Å². The fraction of sp³-hybridized carbons (Fsp3) is 0.300. The largest absolute Gasteiger partial charge is 0.494 e. The Balaban J connectivity index is 1.82. The van der Waals surface area contributed by atoms with Gasteiger partial charge in [-0.2, -0.15) is 0 Å². The maximum Gasteiger partial charge on any atom is 0.276 e. The molecule has 2 rings (SSSR count). The van der Waals surface area contributed by atoms with E-state index in [1.54, 1.807) is 36.4 Å². The Hall–Kier alpha value is -3.42. The lowest BCUT2D eigenvalue weighted by atomic mass is 10.2. The summed E-state index contributed by atoms with van der Waals surface area (Å²) in [6.45, 7) is 4.55. The van der Waals surface area contributed by atoms with Crippen LogP contribution in [0.15, 0.2) is 42.5 Å². The monoisotopic (exact) mass is 388 g/mol. The molecule has 2 aromatic carbocycles. The molecule has 28 heavy (non-hydrogen) atoms. The van der Waals surface area contributed by atoms with Crippen LogP contribution >= 0.6 is 0 Å². The second-order valence-corrected chi connectivity index (χ2v) is 5.49. The van der Waals surface area contributed by atoms with Gasteiger partial charge in [-0.15, -0.1) is 0 Å². The van der Waals surface area contributed by atoms with Crippen molar-refractivity contribution < 1.29 is 28.5 Å². The van der Waals surface area contributed by atoms with Gasteiger partial charge in [0.05, 0.1) is 20.3 Å². The van der Waals surface area contributed by atoms with E-state index >= 15 is 0 Å². The number of nitrogens with one attached hydrogen (secondary N) is 2. The minimum atomic E-state index is -0.500. The Morgan fingerprint density at radius 1 is 0.821 bits per heavy atom. The highest BCUT2D eigenvalue weighted by Gasteiger charge is 2.12. The van der Waals surface area contributed by atoms with Crippen molar-refractivity contribution in [3.8, 4) is 23.0 Å². The molecule has 0 atom stereocenters. The third-order valence-electron chi connectivity index (χ3n) is 3.55. The lowest BCUT2D eigenvalue weighted by Gasteiger charge is -2.12. The van der Waals surface area contributed by atoms with Gasteiger partial charge in [-0.25, -0.2) is 0 Å². The van der Waals surface area contributed by atoms with Crippen molar-refractivity contribution in [1.82, 2.24) is 10.9 Å². The molecule has 0 saturated heterocycles. The molecule has 0 unspecified atom stereocenters. The highest BCUT2D eigenvalue weighted by atomic mass is 16.5.